The van der Waals surface area contributed by atoms with Crippen molar-refractivity contribution < 1.29 is 9.59 Å². The summed E-state index contributed by atoms with van der Waals surface area (Å²) in [7, 11) is 0. The molecule has 0 unspecified atom stereocenters. The summed E-state index contributed by atoms with van der Waals surface area (Å²) in [5, 5.41) is 0. The van der Waals surface area contributed by atoms with Crippen molar-refractivity contribution in [3.05, 3.63) is 0 Å². The van der Waals surface area contributed by atoms with Gasteiger partial charge in [-0.1, -0.05) is 20.8 Å². The molecule has 0 amide bonds. The van der Waals surface area contributed by atoms with Gasteiger partial charge in [-0.25, -0.2) is 0 Å². The van der Waals surface area contributed by atoms with E-state index in [1.165, 1.54) is 0 Å². The van der Waals surface area contributed by atoms with Crippen LogP contribution in [0.4, 0.5) is 0 Å². The molecular formula is C13H21NO2. The fraction of sp³-hybridized carbons (Fsp3) is 0.769. The smallest absolute Gasteiger partial charge is 0.149 e. The average molecular weight is 223 g/mol. The minimum absolute atomic E-state index is 0.0216. The Morgan fingerprint density at radius 2 is 1.88 bits per heavy atom. The Labute approximate surface area is 97.3 Å². The molecule has 3 heteroatoms. The van der Waals surface area contributed by atoms with Crippen LogP contribution in [0.15, 0.2) is 4.99 Å². The van der Waals surface area contributed by atoms with E-state index in [0.29, 0.717) is 12.8 Å². The van der Waals surface area contributed by atoms with Gasteiger partial charge >= 0.3 is 0 Å². The van der Waals surface area contributed by atoms with Gasteiger partial charge in [0.05, 0.1) is 0 Å². The highest BCUT2D eigenvalue weighted by Crippen LogP contribution is 2.33. The standard InChI is InChI=1S/C13H21NO2/c1-5-9(2)14-8-10-11(15)6-13(3,4)7-12(10)16/h8-10H,5-7H2,1-4H3/t9-/m0/s1. The van der Waals surface area contributed by atoms with Crippen LogP contribution in [0.3, 0.4) is 0 Å². The maximum atomic E-state index is 11.8. The molecule has 1 saturated carbocycles. The van der Waals surface area contributed by atoms with Crippen LogP contribution in [0, 0.1) is 11.3 Å². The molecule has 0 bridgehead atoms. The summed E-state index contributed by atoms with van der Waals surface area (Å²) in [6.45, 7) is 7.95. The van der Waals surface area contributed by atoms with Crippen LogP contribution in [0.25, 0.3) is 0 Å². The van der Waals surface area contributed by atoms with E-state index in [-0.39, 0.29) is 23.0 Å². The Balaban J connectivity index is 2.72. The minimum Gasteiger partial charge on any atom is -0.298 e. The molecule has 0 spiro atoms. The molecule has 0 saturated heterocycles. The third-order valence-electron chi connectivity index (χ3n) is 3.08. The molecule has 0 aromatic rings. The molecule has 1 aliphatic carbocycles. The van der Waals surface area contributed by atoms with E-state index in [2.05, 4.69) is 4.99 Å². The van der Waals surface area contributed by atoms with E-state index in [9.17, 15) is 9.59 Å². The quantitative estimate of drug-likeness (QED) is 0.545. The van der Waals surface area contributed by atoms with Crippen LogP contribution in [-0.2, 0) is 9.59 Å². The van der Waals surface area contributed by atoms with Crippen LogP contribution >= 0.6 is 0 Å². The normalized spacial score (nSPS) is 24.0. The van der Waals surface area contributed by atoms with Crippen molar-refractivity contribution in [3.63, 3.8) is 0 Å². The fourth-order valence-corrected chi connectivity index (χ4v) is 1.91. The molecule has 1 rings (SSSR count). The van der Waals surface area contributed by atoms with Crippen molar-refractivity contribution in [2.75, 3.05) is 0 Å². The van der Waals surface area contributed by atoms with Crippen LogP contribution < -0.4 is 0 Å². The van der Waals surface area contributed by atoms with Gasteiger partial charge < -0.3 is 0 Å². The number of hydrogen-bond donors (Lipinski definition) is 0. The number of rotatable bonds is 3. The summed E-state index contributed by atoms with van der Waals surface area (Å²) in [6, 6.07) is 0.190. The van der Waals surface area contributed by atoms with Crippen molar-refractivity contribution in [1.82, 2.24) is 0 Å². The predicted octanol–water partition coefficient (Wildman–Crippen LogP) is 2.43. The van der Waals surface area contributed by atoms with E-state index in [1.807, 2.05) is 27.7 Å². The number of Topliss-reactive ketones (excluding diaryl/α,β-unsaturated/α-hetero) is 2. The van der Waals surface area contributed by atoms with Crippen molar-refractivity contribution in [2.45, 2.75) is 53.0 Å². The van der Waals surface area contributed by atoms with E-state index < -0.39 is 5.92 Å². The highest BCUT2D eigenvalue weighted by Gasteiger charge is 2.38. The topological polar surface area (TPSA) is 46.5 Å². The van der Waals surface area contributed by atoms with E-state index in [1.54, 1.807) is 6.21 Å². The van der Waals surface area contributed by atoms with Crippen LogP contribution in [0.5, 0.6) is 0 Å². The van der Waals surface area contributed by atoms with Crippen LogP contribution in [-0.4, -0.2) is 23.8 Å². The molecule has 3 nitrogen and oxygen atoms in total. The predicted molar refractivity (Wildman–Crippen MR) is 64.8 cm³/mol. The number of nitrogens with zero attached hydrogens (tertiary/aromatic N) is 1. The van der Waals surface area contributed by atoms with E-state index in [0.717, 1.165) is 6.42 Å². The molecule has 0 aromatic carbocycles. The van der Waals surface area contributed by atoms with Gasteiger partial charge in [-0.05, 0) is 18.8 Å². The van der Waals surface area contributed by atoms with Gasteiger partial charge in [-0.15, -0.1) is 0 Å². The molecule has 16 heavy (non-hydrogen) atoms. The Hall–Kier alpha value is -0.990. The number of carbonyl (C=O) groups excluding carboxylic acids is 2. The first kappa shape index (κ1) is 13.1. The van der Waals surface area contributed by atoms with Gasteiger partial charge in [0, 0.05) is 25.1 Å². The lowest BCUT2D eigenvalue weighted by Crippen LogP contribution is -2.38. The zero-order chi connectivity index (χ0) is 12.3. The molecule has 1 aliphatic rings. The Morgan fingerprint density at radius 3 is 2.31 bits per heavy atom. The van der Waals surface area contributed by atoms with Crippen molar-refractivity contribution in [2.24, 2.45) is 16.3 Å². The fourth-order valence-electron chi connectivity index (χ4n) is 1.91. The molecule has 0 N–H and O–H groups in total. The SMILES string of the molecule is CC[C@H](C)N=CC1C(=O)CC(C)(C)CC1=O. The summed E-state index contributed by atoms with van der Waals surface area (Å²) < 4.78 is 0. The molecule has 1 atom stereocenters. The summed E-state index contributed by atoms with van der Waals surface area (Å²) in [4.78, 5) is 27.9. The Bertz CT molecular complexity index is 298. The van der Waals surface area contributed by atoms with E-state index >= 15 is 0 Å². The van der Waals surface area contributed by atoms with Gasteiger partial charge in [0.2, 0.25) is 0 Å². The molecule has 0 aromatic heterocycles. The average Bonchev–Trinajstić information content (AvgIpc) is 2.14. The largest absolute Gasteiger partial charge is 0.298 e. The maximum Gasteiger partial charge on any atom is 0.149 e. The third kappa shape index (κ3) is 3.26. The zero-order valence-corrected chi connectivity index (χ0v) is 10.6. The molecular weight excluding hydrogens is 202 g/mol. The third-order valence-corrected chi connectivity index (χ3v) is 3.08. The molecule has 0 radical (unpaired) electrons. The number of carbonyl (C=O) groups is 2. The van der Waals surface area contributed by atoms with Crippen molar-refractivity contribution in [1.29, 1.82) is 0 Å². The summed E-state index contributed by atoms with van der Waals surface area (Å²) in [6.07, 6.45) is 3.46. The van der Waals surface area contributed by atoms with Crippen LogP contribution in [0.1, 0.15) is 47.0 Å². The van der Waals surface area contributed by atoms with Gasteiger partial charge in [-0.2, -0.15) is 0 Å². The lowest BCUT2D eigenvalue weighted by atomic mass is 9.72. The second kappa shape index (κ2) is 4.89. The van der Waals surface area contributed by atoms with Crippen LogP contribution in [0.2, 0.25) is 0 Å². The highest BCUT2D eigenvalue weighted by molar-refractivity contribution is 6.16. The van der Waals surface area contributed by atoms with Gasteiger partial charge in [0.1, 0.15) is 17.5 Å². The Kier molecular flexibility index (Phi) is 4.00. The molecule has 0 heterocycles. The maximum absolute atomic E-state index is 11.8. The minimum atomic E-state index is -0.581. The number of hydrogen-bond acceptors (Lipinski definition) is 3. The second-order valence-electron chi connectivity index (χ2n) is 5.48. The highest BCUT2D eigenvalue weighted by atomic mass is 16.2. The monoisotopic (exact) mass is 223 g/mol. The van der Waals surface area contributed by atoms with E-state index in [4.69, 9.17) is 0 Å². The lowest BCUT2D eigenvalue weighted by Gasteiger charge is -2.30. The summed E-state index contributed by atoms with van der Waals surface area (Å²) >= 11 is 0. The second-order valence-corrected chi connectivity index (χ2v) is 5.48. The summed E-state index contributed by atoms with van der Waals surface area (Å²) in [5.41, 5.74) is -0.172. The first-order valence-electron chi connectivity index (χ1n) is 5.94. The van der Waals surface area contributed by atoms with Crippen molar-refractivity contribution >= 4 is 17.8 Å². The first-order chi connectivity index (χ1) is 7.35. The van der Waals surface area contributed by atoms with Gasteiger partial charge in [0.25, 0.3) is 0 Å². The number of aliphatic imine (C=N–C) groups is 1. The molecule has 1 fully saturated rings. The summed E-state index contributed by atoms with van der Waals surface area (Å²) in [5.74, 6) is -0.538. The van der Waals surface area contributed by atoms with Gasteiger partial charge in [-0.3, -0.25) is 14.6 Å². The van der Waals surface area contributed by atoms with Gasteiger partial charge in [0.15, 0.2) is 0 Å². The van der Waals surface area contributed by atoms with Crippen molar-refractivity contribution in [3.8, 4) is 0 Å². The zero-order valence-electron chi connectivity index (χ0n) is 10.6. The number of ketones is 2. The molecule has 90 valence electrons. The lowest BCUT2D eigenvalue weighted by molar-refractivity contribution is -0.136. The Morgan fingerprint density at radius 1 is 1.38 bits per heavy atom. The first-order valence-corrected chi connectivity index (χ1v) is 5.94. The molecule has 0 aliphatic heterocycles.